The van der Waals surface area contributed by atoms with Crippen LogP contribution in [0.25, 0.3) is 11.0 Å². The highest BCUT2D eigenvalue weighted by Gasteiger charge is 2.21. The van der Waals surface area contributed by atoms with Gasteiger partial charge in [0.05, 0.1) is 35.0 Å². The van der Waals surface area contributed by atoms with Crippen LogP contribution in [0.5, 0.6) is 5.75 Å². The lowest BCUT2D eigenvalue weighted by Crippen LogP contribution is -2.34. The number of ether oxygens (including phenoxy) is 1. The number of fused-ring (bicyclic) bond motifs is 1. The molecule has 2 heterocycles. The van der Waals surface area contributed by atoms with Crippen LogP contribution >= 0.6 is 0 Å². The molecule has 0 unspecified atom stereocenters. The molecule has 1 aromatic carbocycles. The number of aromatic nitrogens is 3. The van der Waals surface area contributed by atoms with Crippen molar-refractivity contribution in [1.29, 1.82) is 0 Å². The molecule has 0 spiro atoms. The zero-order chi connectivity index (χ0) is 25.0. The minimum atomic E-state index is -3.75. The molecule has 0 bridgehead atoms. The van der Waals surface area contributed by atoms with Crippen molar-refractivity contribution in [2.24, 2.45) is 13.0 Å². The summed E-state index contributed by atoms with van der Waals surface area (Å²) in [4.78, 5) is 21.9. The summed E-state index contributed by atoms with van der Waals surface area (Å²) in [6.45, 7) is 6.27. The van der Waals surface area contributed by atoms with Gasteiger partial charge in [-0.05, 0) is 37.1 Å². The zero-order valence-electron chi connectivity index (χ0n) is 20.4. The number of hydrogen-bond acceptors (Lipinski definition) is 6. The van der Waals surface area contributed by atoms with Crippen molar-refractivity contribution in [3.05, 3.63) is 48.0 Å². The Morgan fingerprint density at radius 3 is 2.59 bits per heavy atom. The maximum atomic E-state index is 13.2. The van der Waals surface area contributed by atoms with Crippen molar-refractivity contribution >= 4 is 32.8 Å². The number of hydrogen-bond donors (Lipinski definition) is 2. The van der Waals surface area contributed by atoms with Gasteiger partial charge in [0, 0.05) is 33.8 Å². The van der Waals surface area contributed by atoms with E-state index in [2.05, 4.69) is 33.9 Å². The molecule has 2 aromatic heterocycles. The molecule has 11 heteroatoms. The number of nitrogens with one attached hydrogen (secondary N) is 2. The molecular formula is C23H32N6O4S. The minimum Gasteiger partial charge on any atom is -0.487 e. The number of pyridine rings is 1. The summed E-state index contributed by atoms with van der Waals surface area (Å²) >= 11 is 0. The number of nitrogens with zero attached hydrogens (tertiary/aromatic N) is 4. The number of carbonyl (C=O) groups is 1. The molecule has 0 aliphatic rings. The maximum Gasteiger partial charge on any atom is 0.301 e. The van der Waals surface area contributed by atoms with Gasteiger partial charge in [-0.15, -0.1) is 0 Å². The molecule has 1 atom stereocenters. The van der Waals surface area contributed by atoms with Crippen molar-refractivity contribution < 1.29 is 17.9 Å². The van der Waals surface area contributed by atoms with Crippen molar-refractivity contribution in [2.75, 3.05) is 25.4 Å². The van der Waals surface area contributed by atoms with E-state index in [1.807, 2.05) is 18.5 Å². The number of amides is 1. The molecule has 0 aliphatic heterocycles. The molecule has 0 radical (unpaired) electrons. The van der Waals surface area contributed by atoms with Crippen LogP contribution in [-0.4, -0.2) is 59.9 Å². The van der Waals surface area contributed by atoms with Gasteiger partial charge in [-0.1, -0.05) is 13.8 Å². The second-order valence-corrected chi connectivity index (χ2v) is 10.7. The van der Waals surface area contributed by atoms with Gasteiger partial charge in [0.15, 0.2) is 0 Å². The molecular weight excluding hydrogens is 456 g/mol. The van der Waals surface area contributed by atoms with Crippen LogP contribution in [0.15, 0.2) is 36.7 Å². The molecule has 0 saturated carbocycles. The second kappa shape index (κ2) is 10.4. The molecule has 0 fully saturated rings. The number of carbonyl (C=O) groups excluding carboxylic acids is 1. The monoisotopic (exact) mass is 488 g/mol. The first kappa shape index (κ1) is 25.4. The Kier molecular flexibility index (Phi) is 7.78. The SMILES string of the molecule is CC(C)Cc1nc2cc(NS(=O)(=O)N(C)C)cc(C(=O)NC[C@H](C)Oc3cccnc3)c2n1C. The Bertz CT molecular complexity index is 1260. The highest BCUT2D eigenvalue weighted by molar-refractivity contribution is 7.90. The van der Waals surface area contributed by atoms with Crippen molar-refractivity contribution in [2.45, 2.75) is 33.3 Å². The number of anilines is 1. The minimum absolute atomic E-state index is 0.250. The molecule has 184 valence electrons. The topological polar surface area (TPSA) is 118 Å². The van der Waals surface area contributed by atoms with E-state index < -0.39 is 10.2 Å². The van der Waals surface area contributed by atoms with E-state index in [1.165, 1.54) is 20.2 Å². The van der Waals surface area contributed by atoms with Crippen LogP contribution in [0.2, 0.25) is 0 Å². The molecule has 1 amide bonds. The van der Waals surface area contributed by atoms with Crippen LogP contribution in [0, 0.1) is 5.92 Å². The predicted molar refractivity (Wildman–Crippen MR) is 132 cm³/mol. The van der Waals surface area contributed by atoms with E-state index in [1.54, 1.807) is 30.6 Å². The number of benzene rings is 1. The van der Waals surface area contributed by atoms with E-state index in [9.17, 15) is 13.2 Å². The smallest absolute Gasteiger partial charge is 0.301 e. The van der Waals surface area contributed by atoms with Gasteiger partial charge in [-0.2, -0.15) is 12.7 Å². The summed E-state index contributed by atoms with van der Waals surface area (Å²) in [6, 6.07) is 6.74. The average molecular weight is 489 g/mol. The van der Waals surface area contributed by atoms with E-state index in [0.29, 0.717) is 28.3 Å². The summed E-state index contributed by atoms with van der Waals surface area (Å²) in [5, 5.41) is 2.89. The van der Waals surface area contributed by atoms with Gasteiger partial charge in [-0.25, -0.2) is 4.98 Å². The van der Waals surface area contributed by atoms with Gasteiger partial charge >= 0.3 is 10.2 Å². The normalized spacial score (nSPS) is 12.8. The van der Waals surface area contributed by atoms with Crippen molar-refractivity contribution in [3.63, 3.8) is 0 Å². The average Bonchev–Trinajstić information content (AvgIpc) is 3.06. The Labute approximate surface area is 200 Å². The van der Waals surface area contributed by atoms with Crippen LogP contribution in [0.3, 0.4) is 0 Å². The lowest BCUT2D eigenvalue weighted by molar-refractivity contribution is 0.0933. The first-order valence-corrected chi connectivity index (χ1v) is 12.5. The first-order chi connectivity index (χ1) is 16.0. The molecule has 34 heavy (non-hydrogen) atoms. The fourth-order valence-corrected chi connectivity index (χ4v) is 4.04. The van der Waals surface area contributed by atoms with Gasteiger partial charge in [0.25, 0.3) is 5.91 Å². The first-order valence-electron chi connectivity index (χ1n) is 11.0. The summed E-state index contributed by atoms with van der Waals surface area (Å²) in [6.07, 6.45) is 3.68. The second-order valence-electron chi connectivity index (χ2n) is 8.79. The molecule has 0 saturated heterocycles. The third-order valence-corrected chi connectivity index (χ3v) is 6.60. The van der Waals surface area contributed by atoms with Crippen molar-refractivity contribution in [1.82, 2.24) is 24.2 Å². The zero-order valence-corrected chi connectivity index (χ0v) is 21.2. The number of imidazole rings is 1. The number of rotatable bonds is 10. The Balaban J connectivity index is 1.92. The van der Waals surface area contributed by atoms with Gasteiger partial charge < -0.3 is 14.6 Å². The maximum absolute atomic E-state index is 13.2. The fraction of sp³-hybridized carbons (Fsp3) is 0.435. The summed E-state index contributed by atoms with van der Waals surface area (Å²) in [5.41, 5.74) is 1.77. The van der Waals surface area contributed by atoms with E-state index >= 15 is 0 Å². The largest absolute Gasteiger partial charge is 0.487 e. The van der Waals surface area contributed by atoms with E-state index in [-0.39, 0.29) is 24.2 Å². The van der Waals surface area contributed by atoms with E-state index in [0.717, 1.165) is 16.6 Å². The summed E-state index contributed by atoms with van der Waals surface area (Å²) in [7, 11) is 0.969. The third-order valence-electron chi connectivity index (χ3n) is 5.15. The fourth-order valence-electron chi connectivity index (χ4n) is 3.44. The standard InChI is InChI=1S/C23H32N6O4S/c1-15(2)10-21-26-20-12-17(27-34(31,32)28(4)5)11-19(22(20)29(21)6)23(30)25-13-16(3)33-18-8-7-9-24-14-18/h7-9,11-12,14-16,27H,10,13H2,1-6H3,(H,25,30)/t16-/m0/s1. The van der Waals surface area contributed by atoms with Gasteiger partial charge in [0.1, 0.15) is 17.7 Å². The van der Waals surface area contributed by atoms with Crippen molar-refractivity contribution in [3.8, 4) is 5.75 Å². The predicted octanol–water partition coefficient (Wildman–Crippen LogP) is 2.58. The highest BCUT2D eigenvalue weighted by Crippen LogP contribution is 2.26. The Hall–Kier alpha value is -3.18. The summed E-state index contributed by atoms with van der Waals surface area (Å²) in [5.74, 6) is 1.44. The van der Waals surface area contributed by atoms with Gasteiger partial charge in [0.2, 0.25) is 0 Å². The van der Waals surface area contributed by atoms with E-state index in [4.69, 9.17) is 4.74 Å². The van der Waals surface area contributed by atoms with Crippen LogP contribution in [-0.2, 0) is 23.7 Å². The quantitative estimate of drug-likeness (QED) is 0.453. The van der Waals surface area contributed by atoms with Crippen LogP contribution in [0.4, 0.5) is 5.69 Å². The molecule has 3 rings (SSSR count). The highest BCUT2D eigenvalue weighted by atomic mass is 32.2. The molecule has 0 aliphatic carbocycles. The molecule has 10 nitrogen and oxygen atoms in total. The Morgan fingerprint density at radius 2 is 1.97 bits per heavy atom. The van der Waals surface area contributed by atoms with Gasteiger partial charge in [-0.3, -0.25) is 14.5 Å². The molecule has 3 aromatic rings. The summed E-state index contributed by atoms with van der Waals surface area (Å²) < 4.78 is 36.0. The molecule has 2 N–H and O–H groups in total. The van der Waals surface area contributed by atoms with Crippen LogP contribution in [0.1, 0.15) is 37.0 Å². The lowest BCUT2D eigenvalue weighted by atomic mass is 10.1. The Morgan fingerprint density at radius 1 is 1.24 bits per heavy atom. The lowest BCUT2D eigenvalue weighted by Gasteiger charge is -2.17. The van der Waals surface area contributed by atoms with Crippen LogP contribution < -0.4 is 14.8 Å². The third kappa shape index (κ3) is 6.03. The number of aryl methyl sites for hydroxylation is 1.